The molecule has 1 saturated heterocycles. The van der Waals surface area contributed by atoms with Crippen LogP contribution in [0.5, 0.6) is 5.75 Å². The van der Waals surface area contributed by atoms with Crippen LogP contribution in [-0.2, 0) is 0 Å². The zero-order valence-electron chi connectivity index (χ0n) is 14.4. The monoisotopic (exact) mass is 338 g/mol. The van der Waals surface area contributed by atoms with E-state index in [0.29, 0.717) is 37.5 Å². The molecule has 1 aliphatic heterocycles. The van der Waals surface area contributed by atoms with Crippen LogP contribution in [0.3, 0.4) is 0 Å². The molecule has 1 aliphatic rings. The molecule has 1 heterocycles. The summed E-state index contributed by atoms with van der Waals surface area (Å²) in [5.74, 6) is 0.548. The summed E-state index contributed by atoms with van der Waals surface area (Å²) in [4.78, 5) is 28.4. The van der Waals surface area contributed by atoms with Crippen molar-refractivity contribution in [3.8, 4) is 5.75 Å². The highest BCUT2D eigenvalue weighted by Gasteiger charge is 2.23. The molecule has 5 heteroatoms. The molecule has 0 unspecified atom stereocenters. The lowest BCUT2D eigenvalue weighted by molar-refractivity contribution is 0.0760. The normalized spacial score (nSPS) is 14.8. The van der Waals surface area contributed by atoms with Crippen molar-refractivity contribution >= 4 is 12.0 Å². The molecule has 2 amide bonds. The molecule has 25 heavy (non-hydrogen) atoms. The summed E-state index contributed by atoms with van der Waals surface area (Å²) in [5, 5.41) is 0. The lowest BCUT2D eigenvalue weighted by Crippen LogP contribution is -2.38. The first kappa shape index (κ1) is 17.0. The molecule has 2 aromatic carbocycles. The Morgan fingerprint density at radius 1 is 0.880 bits per heavy atom. The van der Waals surface area contributed by atoms with Gasteiger partial charge in [0.1, 0.15) is 5.75 Å². The Hall–Kier alpha value is -2.82. The van der Waals surface area contributed by atoms with Gasteiger partial charge in [-0.25, -0.2) is 4.79 Å². The number of nitrogens with zero attached hydrogens (tertiary/aromatic N) is 2. The standard InChI is InChI=1S/C20H22N2O3/c1-16-7-5-8-17(15-16)19(23)21-11-6-12-22(14-13-21)20(24)25-18-9-3-2-4-10-18/h2-5,7-10,15H,6,11-14H2,1H3. The highest BCUT2D eigenvalue weighted by molar-refractivity contribution is 5.94. The molecule has 5 nitrogen and oxygen atoms in total. The van der Waals surface area contributed by atoms with E-state index in [1.807, 2.05) is 54.3 Å². The number of carbonyl (C=O) groups excluding carboxylic acids is 2. The fourth-order valence-corrected chi connectivity index (χ4v) is 2.92. The molecule has 0 N–H and O–H groups in total. The van der Waals surface area contributed by atoms with E-state index < -0.39 is 0 Å². The molecular formula is C20H22N2O3. The molecule has 130 valence electrons. The van der Waals surface area contributed by atoms with Crippen LogP contribution in [0.4, 0.5) is 4.79 Å². The zero-order valence-corrected chi connectivity index (χ0v) is 14.4. The van der Waals surface area contributed by atoms with Crippen LogP contribution in [0.15, 0.2) is 54.6 Å². The first-order valence-electron chi connectivity index (χ1n) is 8.51. The molecular weight excluding hydrogens is 316 g/mol. The number of para-hydroxylation sites is 1. The number of ether oxygens (including phenoxy) is 1. The lowest BCUT2D eigenvalue weighted by atomic mass is 10.1. The Morgan fingerprint density at radius 2 is 1.60 bits per heavy atom. The van der Waals surface area contributed by atoms with Crippen LogP contribution in [-0.4, -0.2) is 48.0 Å². The third kappa shape index (κ3) is 4.38. The van der Waals surface area contributed by atoms with Crippen LogP contribution in [0.2, 0.25) is 0 Å². The van der Waals surface area contributed by atoms with Crippen molar-refractivity contribution in [2.75, 3.05) is 26.2 Å². The van der Waals surface area contributed by atoms with Crippen LogP contribution in [0.25, 0.3) is 0 Å². The van der Waals surface area contributed by atoms with Crippen molar-refractivity contribution in [3.63, 3.8) is 0 Å². The first-order valence-corrected chi connectivity index (χ1v) is 8.51. The topological polar surface area (TPSA) is 49.9 Å². The molecule has 0 aromatic heterocycles. The summed E-state index contributed by atoms with van der Waals surface area (Å²) in [6.45, 7) is 4.19. The minimum Gasteiger partial charge on any atom is -0.410 e. The maximum absolute atomic E-state index is 12.7. The van der Waals surface area contributed by atoms with Crippen molar-refractivity contribution in [2.24, 2.45) is 0 Å². The highest BCUT2D eigenvalue weighted by Crippen LogP contribution is 2.14. The van der Waals surface area contributed by atoms with Crippen molar-refractivity contribution < 1.29 is 14.3 Å². The van der Waals surface area contributed by atoms with Crippen LogP contribution >= 0.6 is 0 Å². The van der Waals surface area contributed by atoms with Crippen molar-refractivity contribution in [3.05, 3.63) is 65.7 Å². The van der Waals surface area contributed by atoms with E-state index in [-0.39, 0.29) is 12.0 Å². The maximum atomic E-state index is 12.7. The van der Waals surface area contributed by atoms with Crippen LogP contribution < -0.4 is 4.74 Å². The molecule has 0 radical (unpaired) electrons. The Balaban J connectivity index is 1.60. The highest BCUT2D eigenvalue weighted by atomic mass is 16.6. The van der Waals surface area contributed by atoms with E-state index in [1.54, 1.807) is 17.0 Å². The summed E-state index contributed by atoms with van der Waals surface area (Å²) in [6.07, 6.45) is 0.373. The number of rotatable bonds is 2. The van der Waals surface area contributed by atoms with E-state index >= 15 is 0 Å². The summed E-state index contributed by atoms with van der Waals surface area (Å²) in [5.41, 5.74) is 1.76. The molecule has 0 saturated carbocycles. The van der Waals surface area contributed by atoms with Gasteiger partial charge < -0.3 is 14.5 Å². The number of carbonyl (C=O) groups is 2. The summed E-state index contributed by atoms with van der Waals surface area (Å²) >= 11 is 0. The van der Waals surface area contributed by atoms with Gasteiger partial charge in [0.2, 0.25) is 0 Å². The second kappa shape index (κ2) is 7.83. The average Bonchev–Trinajstić information content (AvgIpc) is 2.88. The average molecular weight is 338 g/mol. The molecule has 0 spiro atoms. The summed E-state index contributed by atoms with van der Waals surface area (Å²) in [7, 11) is 0. The Bertz CT molecular complexity index is 746. The van der Waals surface area contributed by atoms with Crippen molar-refractivity contribution in [1.82, 2.24) is 9.80 Å². The van der Waals surface area contributed by atoms with Gasteiger partial charge in [0, 0.05) is 31.7 Å². The van der Waals surface area contributed by atoms with Gasteiger partial charge in [-0.2, -0.15) is 0 Å². The second-order valence-corrected chi connectivity index (χ2v) is 6.18. The SMILES string of the molecule is Cc1cccc(C(=O)N2CCCN(C(=O)Oc3ccccc3)CC2)c1. The van der Waals surface area contributed by atoms with Gasteiger partial charge in [-0.05, 0) is 37.6 Å². The fraction of sp³-hybridized carbons (Fsp3) is 0.300. The van der Waals surface area contributed by atoms with Crippen molar-refractivity contribution in [2.45, 2.75) is 13.3 Å². The number of amides is 2. The molecule has 1 fully saturated rings. The second-order valence-electron chi connectivity index (χ2n) is 6.18. The quantitative estimate of drug-likeness (QED) is 0.844. The van der Waals surface area contributed by atoms with Gasteiger partial charge in [-0.1, -0.05) is 35.9 Å². The van der Waals surface area contributed by atoms with E-state index in [0.717, 1.165) is 12.0 Å². The van der Waals surface area contributed by atoms with E-state index in [2.05, 4.69) is 0 Å². The third-order valence-electron chi connectivity index (χ3n) is 4.25. The summed E-state index contributed by atoms with van der Waals surface area (Å²) in [6, 6.07) is 16.6. The van der Waals surface area contributed by atoms with Gasteiger partial charge in [-0.15, -0.1) is 0 Å². The lowest BCUT2D eigenvalue weighted by Gasteiger charge is -2.22. The smallest absolute Gasteiger partial charge is 0.410 e. The Morgan fingerprint density at radius 3 is 2.36 bits per heavy atom. The number of hydrogen-bond donors (Lipinski definition) is 0. The first-order chi connectivity index (χ1) is 12.1. The van der Waals surface area contributed by atoms with E-state index in [4.69, 9.17) is 4.74 Å². The van der Waals surface area contributed by atoms with Gasteiger partial charge in [0.15, 0.2) is 0 Å². The minimum atomic E-state index is -0.365. The third-order valence-corrected chi connectivity index (χ3v) is 4.25. The minimum absolute atomic E-state index is 0.0157. The number of hydrogen-bond acceptors (Lipinski definition) is 3. The molecule has 0 bridgehead atoms. The number of benzene rings is 2. The molecule has 2 aromatic rings. The maximum Gasteiger partial charge on any atom is 0.415 e. The number of aryl methyl sites for hydroxylation is 1. The molecule has 0 aliphatic carbocycles. The fourth-order valence-electron chi connectivity index (χ4n) is 2.92. The van der Waals surface area contributed by atoms with Crippen molar-refractivity contribution in [1.29, 1.82) is 0 Å². The van der Waals surface area contributed by atoms with Gasteiger partial charge in [-0.3, -0.25) is 4.79 Å². The van der Waals surface area contributed by atoms with Gasteiger partial charge in [0.05, 0.1) is 0 Å². The summed E-state index contributed by atoms with van der Waals surface area (Å²) < 4.78 is 5.39. The predicted octanol–water partition coefficient (Wildman–Crippen LogP) is 3.34. The Kier molecular flexibility index (Phi) is 5.33. The largest absolute Gasteiger partial charge is 0.415 e. The van der Waals surface area contributed by atoms with Crippen LogP contribution in [0, 0.1) is 6.92 Å². The predicted molar refractivity (Wildman–Crippen MR) is 95.7 cm³/mol. The van der Waals surface area contributed by atoms with E-state index in [9.17, 15) is 9.59 Å². The van der Waals surface area contributed by atoms with Gasteiger partial charge >= 0.3 is 6.09 Å². The van der Waals surface area contributed by atoms with Gasteiger partial charge in [0.25, 0.3) is 5.91 Å². The molecule has 3 rings (SSSR count). The zero-order chi connectivity index (χ0) is 17.6. The van der Waals surface area contributed by atoms with E-state index in [1.165, 1.54) is 0 Å². The molecule has 0 atom stereocenters. The Labute approximate surface area is 147 Å². The van der Waals surface area contributed by atoms with Crippen LogP contribution in [0.1, 0.15) is 22.3 Å².